The van der Waals surface area contributed by atoms with Crippen molar-refractivity contribution in [2.45, 2.75) is 30.1 Å². The maximum atomic E-state index is 13.2. The van der Waals surface area contributed by atoms with Crippen LogP contribution in [0.15, 0.2) is 47.4 Å². The van der Waals surface area contributed by atoms with E-state index in [1.807, 2.05) is 5.43 Å². The third-order valence-corrected chi connectivity index (χ3v) is 5.48. The second kappa shape index (κ2) is 9.88. The van der Waals surface area contributed by atoms with Crippen LogP contribution in [0.25, 0.3) is 4.85 Å². The van der Waals surface area contributed by atoms with Gasteiger partial charge in [0.05, 0.1) is 23.1 Å². The van der Waals surface area contributed by atoms with Gasteiger partial charge in [0.2, 0.25) is 0 Å². The molecule has 0 bridgehead atoms. The molecule has 0 aliphatic heterocycles. The molecule has 2 amide bonds. The first kappa shape index (κ1) is 25.6. The number of hydrazine groups is 1. The molecule has 33 heavy (non-hydrogen) atoms. The zero-order chi connectivity index (χ0) is 25.0. The molecule has 0 aliphatic carbocycles. The normalized spacial score (nSPS) is 13.4. The SMILES string of the molecule is [C-]#[N+]c1ccc(N[C@@H](C(=O)NNC(=O)c2ccc(S(C)(=O)=O)cc2)[C@@H](C)O)cc1C(F)(F)F. The minimum absolute atomic E-state index is 0.0103. The minimum Gasteiger partial charge on any atom is -0.391 e. The average molecular weight is 484 g/mol. The summed E-state index contributed by atoms with van der Waals surface area (Å²) < 4.78 is 62.4. The van der Waals surface area contributed by atoms with Gasteiger partial charge in [-0.2, -0.15) is 13.2 Å². The summed E-state index contributed by atoms with van der Waals surface area (Å²) in [5.74, 6) is -1.76. The fourth-order valence-electron chi connectivity index (χ4n) is 2.66. The maximum Gasteiger partial charge on any atom is 0.407 e. The number of rotatable bonds is 6. The summed E-state index contributed by atoms with van der Waals surface area (Å²) >= 11 is 0. The summed E-state index contributed by atoms with van der Waals surface area (Å²) in [5, 5.41) is 12.3. The van der Waals surface area contributed by atoms with E-state index in [4.69, 9.17) is 6.57 Å². The Labute approximate surface area is 187 Å². The van der Waals surface area contributed by atoms with Crippen LogP contribution in [0.1, 0.15) is 22.8 Å². The van der Waals surface area contributed by atoms with Crippen molar-refractivity contribution in [3.05, 3.63) is 65.0 Å². The number of alkyl halides is 3. The lowest BCUT2D eigenvalue weighted by Crippen LogP contribution is -2.52. The van der Waals surface area contributed by atoms with Crippen LogP contribution < -0.4 is 16.2 Å². The molecule has 0 unspecified atom stereocenters. The summed E-state index contributed by atoms with van der Waals surface area (Å²) in [6, 6.07) is 6.11. The highest BCUT2D eigenvalue weighted by Gasteiger charge is 2.34. The number of aliphatic hydroxyl groups is 1. The van der Waals surface area contributed by atoms with Crippen molar-refractivity contribution in [3.8, 4) is 0 Å². The Bertz CT molecular complexity index is 1190. The van der Waals surface area contributed by atoms with Crippen LogP contribution in [0, 0.1) is 6.57 Å². The molecule has 2 rings (SSSR count). The van der Waals surface area contributed by atoms with Gasteiger partial charge < -0.3 is 10.4 Å². The standard InChI is InChI=1S/C20H19F3N4O5S/c1-11(28)17(25-13-6-9-16(24-2)15(10-13)20(21,22)23)19(30)27-26-18(29)12-4-7-14(8-5-12)33(3,31)32/h4-11,17,25,28H,1,3H3,(H,26,29)(H,27,30)/t11-,17-/m1/s1. The number of hydrogen-bond acceptors (Lipinski definition) is 6. The van der Waals surface area contributed by atoms with Crippen molar-refractivity contribution >= 4 is 33.0 Å². The van der Waals surface area contributed by atoms with Crippen LogP contribution in [0.5, 0.6) is 0 Å². The van der Waals surface area contributed by atoms with Gasteiger partial charge in [0.15, 0.2) is 15.5 Å². The monoisotopic (exact) mass is 484 g/mol. The van der Waals surface area contributed by atoms with Crippen LogP contribution in [-0.2, 0) is 20.8 Å². The molecule has 4 N–H and O–H groups in total. The van der Waals surface area contributed by atoms with Crippen LogP contribution in [0.2, 0.25) is 0 Å². The topological polar surface area (TPSA) is 129 Å². The molecule has 0 fully saturated rings. The van der Waals surface area contributed by atoms with Crippen molar-refractivity contribution in [2.24, 2.45) is 0 Å². The first-order valence-corrected chi connectivity index (χ1v) is 11.1. The highest BCUT2D eigenvalue weighted by atomic mass is 32.2. The Morgan fingerprint density at radius 2 is 1.70 bits per heavy atom. The fourth-order valence-corrected chi connectivity index (χ4v) is 3.29. The van der Waals surface area contributed by atoms with Gasteiger partial charge in [-0.15, -0.1) is 0 Å². The molecule has 0 saturated heterocycles. The Hall–Kier alpha value is -3.63. The first-order valence-electron chi connectivity index (χ1n) is 9.17. The number of hydrogen-bond donors (Lipinski definition) is 4. The molecule has 0 saturated carbocycles. The number of nitrogens with zero attached hydrogens (tertiary/aromatic N) is 1. The van der Waals surface area contributed by atoms with Crippen molar-refractivity contribution in [3.63, 3.8) is 0 Å². The van der Waals surface area contributed by atoms with E-state index in [9.17, 15) is 36.3 Å². The summed E-state index contributed by atoms with van der Waals surface area (Å²) in [6.45, 7) is 8.06. The van der Waals surface area contributed by atoms with E-state index in [2.05, 4.69) is 15.6 Å². The lowest BCUT2D eigenvalue weighted by molar-refractivity contribution is -0.136. The quantitative estimate of drug-likeness (QED) is 0.368. The second-order valence-corrected chi connectivity index (χ2v) is 8.96. The molecule has 0 aliphatic rings. The van der Waals surface area contributed by atoms with E-state index in [0.29, 0.717) is 6.07 Å². The summed E-state index contributed by atoms with van der Waals surface area (Å²) in [7, 11) is -3.46. The van der Waals surface area contributed by atoms with Gasteiger partial charge in [0.1, 0.15) is 6.04 Å². The molecule has 2 aromatic carbocycles. The predicted octanol–water partition coefficient (Wildman–Crippen LogP) is 2.28. The van der Waals surface area contributed by atoms with Gasteiger partial charge in [-0.05, 0) is 43.3 Å². The molecule has 13 heteroatoms. The molecule has 0 radical (unpaired) electrons. The molecule has 0 spiro atoms. The van der Waals surface area contributed by atoms with E-state index in [-0.39, 0.29) is 16.1 Å². The number of amides is 2. The van der Waals surface area contributed by atoms with Crippen molar-refractivity contribution in [1.29, 1.82) is 0 Å². The van der Waals surface area contributed by atoms with E-state index in [0.717, 1.165) is 18.4 Å². The number of benzene rings is 2. The average Bonchev–Trinajstić information content (AvgIpc) is 2.74. The molecule has 2 atom stereocenters. The van der Waals surface area contributed by atoms with Crippen molar-refractivity contribution in [1.82, 2.24) is 10.9 Å². The second-order valence-electron chi connectivity index (χ2n) is 6.94. The molecule has 176 valence electrons. The largest absolute Gasteiger partial charge is 0.407 e. The van der Waals surface area contributed by atoms with Crippen LogP contribution in [-0.4, -0.2) is 43.7 Å². The summed E-state index contributed by atoms with van der Waals surface area (Å²) in [5.41, 5.74) is 2.12. The third-order valence-electron chi connectivity index (χ3n) is 4.35. The number of carbonyl (C=O) groups excluding carboxylic acids is 2. The number of carbonyl (C=O) groups is 2. The van der Waals surface area contributed by atoms with Crippen LogP contribution >= 0.6 is 0 Å². The van der Waals surface area contributed by atoms with Crippen molar-refractivity contribution < 1.29 is 36.3 Å². The van der Waals surface area contributed by atoms with E-state index >= 15 is 0 Å². The highest BCUT2D eigenvalue weighted by molar-refractivity contribution is 7.90. The predicted molar refractivity (Wildman–Crippen MR) is 112 cm³/mol. The molecule has 2 aromatic rings. The smallest absolute Gasteiger partial charge is 0.391 e. The Balaban J connectivity index is 2.12. The Kier molecular flexibility index (Phi) is 7.68. The van der Waals surface area contributed by atoms with Crippen LogP contribution in [0.4, 0.5) is 24.5 Å². The molecular weight excluding hydrogens is 465 g/mol. The van der Waals surface area contributed by atoms with Gasteiger partial charge in [-0.3, -0.25) is 20.4 Å². The maximum absolute atomic E-state index is 13.2. The number of anilines is 1. The third kappa shape index (κ3) is 6.67. The molecular formula is C20H19F3N4O5S. The van der Waals surface area contributed by atoms with E-state index in [1.165, 1.54) is 31.2 Å². The summed E-state index contributed by atoms with van der Waals surface area (Å²) in [4.78, 5) is 27.4. The molecule has 9 nitrogen and oxygen atoms in total. The van der Waals surface area contributed by atoms with Crippen LogP contribution in [0.3, 0.4) is 0 Å². The van der Waals surface area contributed by atoms with E-state index < -0.39 is 51.2 Å². The lowest BCUT2D eigenvalue weighted by atomic mass is 10.1. The van der Waals surface area contributed by atoms with E-state index in [1.54, 1.807) is 0 Å². The molecule has 0 aromatic heterocycles. The number of aliphatic hydroxyl groups excluding tert-OH is 1. The van der Waals surface area contributed by atoms with Crippen molar-refractivity contribution in [2.75, 3.05) is 11.6 Å². The number of nitrogens with one attached hydrogen (secondary N) is 3. The fraction of sp³-hybridized carbons (Fsp3) is 0.250. The number of sulfone groups is 1. The van der Waals surface area contributed by atoms with Gasteiger partial charge in [0.25, 0.3) is 11.8 Å². The minimum atomic E-state index is -4.80. The highest BCUT2D eigenvalue weighted by Crippen LogP contribution is 2.38. The first-order chi connectivity index (χ1) is 15.2. The van der Waals surface area contributed by atoms with Gasteiger partial charge in [-0.25, -0.2) is 13.3 Å². The molecule has 0 heterocycles. The zero-order valence-electron chi connectivity index (χ0n) is 17.3. The summed E-state index contributed by atoms with van der Waals surface area (Å²) in [6.07, 6.45) is -5.19. The Morgan fingerprint density at radius 3 is 2.18 bits per heavy atom. The zero-order valence-corrected chi connectivity index (χ0v) is 18.1. The van der Waals surface area contributed by atoms with Gasteiger partial charge in [0, 0.05) is 17.5 Å². The lowest BCUT2D eigenvalue weighted by Gasteiger charge is -2.23. The number of halogens is 3. The van der Waals surface area contributed by atoms with Gasteiger partial charge in [-0.1, -0.05) is 6.07 Å². The van der Waals surface area contributed by atoms with Gasteiger partial charge >= 0.3 is 6.18 Å². The Morgan fingerprint density at radius 1 is 1.09 bits per heavy atom.